The second kappa shape index (κ2) is 5.61. The maximum Gasteiger partial charge on any atom is 0.411 e. The number of fused-ring (bicyclic) bond motifs is 2. The van der Waals surface area contributed by atoms with Gasteiger partial charge in [0, 0.05) is 12.6 Å². The largest absolute Gasteiger partial charge is 0.411 e. The number of hydrogen-bond acceptors (Lipinski definition) is 2. The molecular weight excluding hydrogens is 243 g/mol. The molecule has 4 unspecified atom stereocenters. The van der Waals surface area contributed by atoms with Gasteiger partial charge < -0.3 is 10.1 Å². The predicted molar refractivity (Wildman–Crippen MR) is 63.2 cm³/mol. The smallest absolute Gasteiger partial charge is 0.371 e. The summed E-state index contributed by atoms with van der Waals surface area (Å²) in [5.74, 6) is 2.02. The van der Waals surface area contributed by atoms with Gasteiger partial charge in [-0.25, -0.2) is 0 Å². The normalized spacial score (nSPS) is 32.1. The van der Waals surface area contributed by atoms with Crippen molar-refractivity contribution < 1.29 is 17.9 Å². The molecule has 0 aliphatic heterocycles. The fourth-order valence-corrected chi connectivity index (χ4v) is 3.10. The van der Waals surface area contributed by atoms with E-state index in [4.69, 9.17) is 0 Å². The molecule has 0 spiro atoms. The molecule has 2 aliphatic carbocycles. The third kappa shape index (κ3) is 3.72. The van der Waals surface area contributed by atoms with E-state index in [0.717, 1.165) is 5.92 Å². The first-order valence-corrected chi connectivity index (χ1v) is 6.52. The molecule has 5 heteroatoms. The highest BCUT2D eigenvalue weighted by Gasteiger charge is 2.38. The molecule has 2 aliphatic rings. The standard InChI is InChI=1S/C13H20F3NO/c1-9(12-7-10-2-3-11(12)6-10)17-4-5-18-8-13(14,15)16/h2-3,9-12,17H,4-8H2,1H3. The highest BCUT2D eigenvalue weighted by molar-refractivity contribution is 5.11. The Bertz CT molecular complexity index is 303. The Morgan fingerprint density at radius 3 is 2.67 bits per heavy atom. The fraction of sp³-hybridized carbons (Fsp3) is 0.846. The summed E-state index contributed by atoms with van der Waals surface area (Å²) in [7, 11) is 0. The lowest BCUT2D eigenvalue weighted by Gasteiger charge is -2.26. The lowest BCUT2D eigenvalue weighted by Crippen LogP contribution is -2.37. The lowest BCUT2D eigenvalue weighted by molar-refractivity contribution is -0.173. The molecule has 2 bridgehead atoms. The van der Waals surface area contributed by atoms with Gasteiger partial charge in [-0.3, -0.25) is 0 Å². The van der Waals surface area contributed by atoms with Gasteiger partial charge in [0.15, 0.2) is 0 Å². The van der Waals surface area contributed by atoms with Crippen LogP contribution < -0.4 is 5.32 Å². The van der Waals surface area contributed by atoms with Crippen molar-refractivity contribution in [1.82, 2.24) is 5.32 Å². The van der Waals surface area contributed by atoms with E-state index in [9.17, 15) is 13.2 Å². The third-order valence-electron chi connectivity index (χ3n) is 3.95. The van der Waals surface area contributed by atoms with Gasteiger partial charge in [-0.1, -0.05) is 12.2 Å². The Balaban J connectivity index is 1.58. The van der Waals surface area contributed by atoms with Crippen LogP contribution in [0, 0.1) is 17.8 Å². The number of nitrogens with one attached hydrogen (secondary N) is 1. The van der Waals surface area contributed by atoms with Crippen LogP contribution >= 0.6 is 0 Å². The van der Waals surface area contributed by atoms with Gasteiger partial charge in [0.25, 0.3) is 0 Å². The molecule has 0 aromatic heterocycles. The highest BCUT2D eigenvalue weighted by atomic mass is 19.4. The van der Waals surface area contributed by atoms with E-state index < -0.39 is 12.8 Å². The number of rotatable bonds is 6. The van der Waals surface area contributed by atoms with E-state index in [1.165, 1.54) is 12.8 Å². The van der Waals surface area contributed by atoms with E-state index in [2.05, 4.69) is 29.1 Å². The van der Waals surface area contributed by atoms with E-state index in [1.807, 2.05) is 0 Å². The van der Waals surface area contributed by atoms with Gasteiger partial charge in [0.05, 0.1) is 6.61 Å². The lowest BCUT2D eigenvalue weighted by atomic mass is 9.87. The van der Waals surface area contributed by atoms with Crippen molar-refractivity contribution in [3.63, 3.8) is 0 Å². The van der Waals surface area contributed by atoms with Gasteiger partial charge in [0.1, 0.15) is 6.61 Å². The van der Waals surface area contributed by atoms with Crippen LogP contribution in [0.2, 0.25) is 0 Å². The van der Waals surface area contributed by atoms with Crippen LogP contribution in [0.1, 0.15) is 19.8 Å². The molecule has 2 rings (SSSR count). The molecule has 4 atom stereocenters. The molecular formula is C13H20F3NO. The molecule has 0 aromatic carbocycles. The maximum absolute atomic E-state index is 11.8. The fourth-order valence-electron chi connectivity index (χ4n) is 3.10. The quantitative estimate of drug-likeness (QED) is 0.587. The minimum absolute atomic E-state index is 0.112. The summed E-state index contributed by atoms with van der Waals surface area (Å²) in [4.78, 5) is 0. The molecule has 0 aromatic rings. The average molecular weight is 263 g/mol. The topological polar surface area (TPSA) is 21.3 Å². The Labute approximate surface area is 106 Å². The Morgan fingerprint density at radius 1 is 1.33 bits per heavy atom. The number of hydrogen-bond donors (Lipinski definition) is 1. The van der Waals surface area contributed by atoms with Crippen molar-refractivity contribution in [1.29, 1.82) is 0 Å². The summed E-state index contributed by atoms with van der Waals surface area (Å²) < 4.78 is 40.1. The molecule has 0 amide bonds. The summed E-state index contributed by atoms with van der Waals surface area (Å²) in [6.07, 6.45) is 2.82. The Morgan fingerprint density at radius 2 is 2.11 bits per heavy atom. The second-order valence-electron chi connectivity index (χ2n) is 5.35. The van der Waals surface area contributed by atoms with Crippen molar-refractivity contribution in [3.05, 3.63) is 12.2 Å². The molecule has 1 saturated carbocycles. The molecule has 0 saturated heterocycles. The van der Waals surface area contributed by atoms with Gasteiger partial charge >= 0.3 is 6.18 Å². The van der Waals surface area contributed by atoms with Crippen LogP contribution in [0.4, 0.5) is 13.2 Å². The minimum atomic E-state index is -4.22. The molecule has 0 radical (unpaired) electrons. The van der Waals surface area contributed by atoms with Gasteiger partial charge in [-0.15, -0.1) is 0 Å². The molecule has 1 N–H and O–H groups in total. The van der Waals surface area contributed by atoms with Crippen molar-refractivity contribution in [2.24, 2.45) is 17.8 Å². The number of alkyl halides is 3. The average Bonchev–Trinajstić information content (AvgIpc) is 2.88. The molecule has 0 heterocycles. The number of allylic oxidation sites excluding steroid dienone is 2. The molecule has 1 fully saturated rings. The van der Waals surface area contributed by atoms with Crippen LogP contribution in [0.3, 0.4) is 0 Å². The van der Waals surface area contributed by atoms with Crippen LogP contribution in [0.15, 0.2) is 12.2 Å². The first kappa shape index (κ1) is 13.9. The number of halogens is 3. The first-order chi connectivity index (χ1) is 8.46. The Hall–Kier alpha value is -0.550. The molecule has 18 heavy (non-hydrogen) atoms. The van der Waals surface area contributed by atoms with Crippen molar-refractivity contribution in [2.75, 3.05) is 19.8 Å². The summed E-state index contributed by atoms with van der Waals surface area (Å²) >= 11 is 0. The molecule has 104 valence electrons. The predicted octanol–water partition coefficient (Wildman–Crippen LogP) is 2.76. The Kier molecular flexibility index (Phi) is 4.33. The van der Waals surface area contributed by atoms with Crippen LogP contribution in [0.25, 0.3) is 0 Å². The number of ether oxygens (including phenoxy) is 1. The summed E-state index contributed by atoms with van der Waals surface area (Å²) in [5.41, 5.74) is 0. The van der Waals surface area contributed by atoms with Gasteiger partial charge in [0.2, 0.25) is 0 Å². The third-order valence-corrected chi connectivity index (χ3v) is 3.95. The minimum Gasteiger partial charge on any atom is -0.371 e. The SMILES string of the molecule is CC(NCCOCC(F)(F)F)C1CC2C=CC1C2. The highest BCUT2D eigenvalue weighted by Crippen LogP contribution is 2.44. The zero-order valence-electron chi connectivity index (χ0n) is 10.5. The maximum atomic E-state index is 11.8. The summed E-state index contributed by atoms with van der Waals surface area (Å²) in [5, 5.41) is 3.27. The zero-order chi connectivity index (χ0) is 13.2. The van der Waals surface area contributed by atoms with E-state index >= 15 is 0 Å². The zero-order valence-corrected chi connectivity index (χ0v) is 10.5. The second-order valence-corrected chi connectivity index (χ2v) is 5.35. The van der Waals surface area contributed by atoms with Crippen LogP contribution in [-0.4, -0.2) is 32.0 Å². The van der Waals surface area contributed by atoms with Gasteiger partial charge in [-0.05, 0) is 37.5 Å². The monoisotopic (exact) mass is 263 g/mol. The van der Waals surface area contributed by atoms with Crippen LogP contribution in [-0.2, 0) is 4.74 Å². The van der Waals surface area contributed by atoms with Gasteiger partial charge in [-0.2, -0.15) is 13.2 Å². The van der Waals surface area contributed by atoms with Crippen LogP contribution in [0.5, 0.6) is 0 Å². The molecule has 2 nitrogen and oxygen atoms in total. The summed E-state index contributed by atoms with van der Waals surface area (Å²) in [6, 6.07) is 0.347. The van der Waals surface area contributed by atoms with Crippen molar-refractivity contribution in [2.45, 2.75) is 32.0 Å². The van der Waals surface area contributed by atoms with E-state index in [1.54, 1.807) is 0 Å². The summed E-state index contributed by atoms with van der Waals surface area (Å²) in [6.45, 7) is 1.55. The van der Waals surface area contributed by atoms with E-state index in [0.29, 0.717) is 24.4 Å². The van der Waals surface area contributed by atoms with Crippen molar-refractivity contribution >= 4 is 0 Å². The van der Waals surface area contributed by atoms with E-state index in [-0.39, 0.29) is 6.61 Å². The van der Waals surface area contributed by atoms with Crippen molar-refractivity contribution in [3.8, 4) is 0 Å². The first-order valence-electron chi connectivity index (χ1n) is 6.52.